The van der Waals surface area contributed by atoms with Crippen molar-refractivity contribution in [1.29, 1.82) is 0 Å². The molecule has 1 heterocycles. The number of hydrogen-bond acceptors (Lipinski definition) is 4. The van der Waals surface area contributed by atoms with E-state index in [1.807, 2.05) is 44.2 Å². The molecule has 0 radical (unpaired) electrons. The fourth-order valence-corrected chi connectivity index (χ4v) is 1.87. The zero-order valence-corrected chi connectivity index (χ0v) is 11.8. The summed E-state index contributed by atoms with van der Waals surface area (Å²) in [6.07, 6.45) is 0. The van der Waals surface area contributed by atoms with E-state index in [0.29, 0.717) is 18.7 Å². The lowest BCUT2D eigenvalue weighted by Crippen LogP contribution is -2.21. The molecule has 0 saturated carbocycles. The highest BCUT2D eigenvalue weighted by molar-refractivity contribution is 5.60. The topological polar surface area (TPSA) is 67.0 Å². The van der Waals surface area contributed by atoms with Crippen molar-refractivity contribution in [2.24, 2.45) is 0 Å². The summed E-state index contributed by atoms with van der Waals surface area (Å²) in [5, 5.41) is 9.77. The summed E-state index contributed by atoms with van der Waals surface area (Å²) >= 11 is 0. The van der Waals surface area contributed by atoms with Gasteiger partial charge in [0.25, 0.3) is 5.56 Å². The summed E-state index contributed by atoms with van der Waals surface area (Å²) in [6.45, 7) is 5.95. The predicted molar refractivity (Wildman–Crippen MR) is 78.8 cm³/mol. The van der Waals surface area contributed by atoms with Crippen LogP contribution in [-0.4, -0.2) is 23.3 Å². The molecule has 0 aliphatic rings. The van der Waals surface area contributed by atoms with Gasteiger partial charge < -0.3 is 10.1 Å². The predicted octanol–water partition coefficient (Wildman–Crippen LogP) is 1.95. The van der Waals surface area contributed by atoms with E-state index in [9.17, 15) is 4.79 Å². The zero-order chi connectivity index (χ0) is 14.4. The molecule has 2 N–H and O–H groups in total. The summed E-state index contributed by atoms with van der Waals surface area (Å²) in [7, 11) is 0. The molecule has 1 aromatic heterocycles. The lowest BCUT2D eigenvalue weighted by molar-refractivity contribution is 0.340. The second kappa shape index (κ2) is 6.86. The summed E-state index contributed by atoms with van der Waals surface area (Å²) in [4.78, 5) is 11.7. The first-order valence-electron chi connectivity index (χ1n) is 6.77. The maximum Gasteiger partial charge on any atom is 0.268 e. The van der Waals surface area contributed by atoms with Crippen LogP contribution in [0.25, 0.3) is 11.3 Å². The molecule has 0 aliphatic carbocycles. The smallest absolute Gasteiger partial charge is 0.268 e. The molecule has 0 saturated heterocycles. The van der Waals surface area contributed by atoms with Crippen LogP contribution in [0.5, 0.6) is 5.75 Å². The number of H-pyrrole nitrogens is 1. The van der Waals surface area contributed by atoms with Gasteiger partial charge in [-0.2, -0.15) is 5.10 Å². The van der Waals surface area contributed by atoms with Gasteiger partial charge in [0.15, 0.2) is 0 Å². The second-order valence-corrected chi connectivity index (χ2v) is 4.35. The van der Waals surface area contributed by atoms with Gasteiger partial charge in [0, 0.05) is 17.7 Å². The Bertz CT molecular complexity index is 605. The highest BCUT2D eigenvalue weighted by Crippen LogP contribution is 2.20. The van der Waals surface area contributed by atoms with Crippen molar-refractivity contribution in [3.05, 3.63) is 46.2 Å². The van der Waals surface area contributed by atoms with Crippen LogP contribution < -0.4 is 15.6 Å². The number of aromatic amines is 1. The molecule has 0 aliphatic heterocycles. The highest BCUT2D eigenvalue weighted by atomic mass is 16.5. The second-order valence-electron chi connectivity index (χ2n) is 4.35. The molecular weight excluding hydrogens is 254 g/mol. The van der Waals surface area contributed by atoms with Gasteiger partial charge in [-0.05, 0) is 43.8 Å². The quantitative estimate of drug-likeness (QED) is 0.844. The monoisotopic (exact) mass is 273 g/mol. The average Bonchev–Trinajstić information content (AvgIpc) is 2.48. The molecule has 0 fully saturated rings. The first-order chi connectivity index (χ1) is 9.74. The summed E-state index contributed by atoms with van der Waals surface area (Å²) in [6, 6.07) is 9.48. The van der Waals surface area contributed by atoms with Crippen molar-refractivity contribution in [3.63, 3.8) is 0 Å². The van der Waals surface area contributed by atoms with Gasteiger partial charge in [0.2, 0.25) is 0 Å². The fourth-order valence-electron chi connectivity index (χ4n) is 1.87. The maximum atomic E-state index is 11.7. The molecule has 2 rings (SSSR count). The van der Waals surface area contributed by atoms with Gasteiger partial charge in [0.1, 0.15) is 5.75 Å². The van der Waals surface area contributed by atoms with Crippen LogP contribution in [0.4, 0.5) is 0 Å². The lowest BCUT2D eigenvalue weighted by Gasteiger charge is -2.06. The number of ether oxygens (including phenoxy) is 1. The van der Waals surface area contributed by atoms with E-state index in [-0.39, 0.29) is 5.56 Å². The molecule has 0 bridgehead atoms. The molecule has 0 unspecified atom stereocenters. The molecule has 0 amide bonds. The standard InChI is InChI=1S/C15H19N3O2/c1-3-16-10-12-9-14(17-18-15(12)19)11-5-7-13(8-6-11)20-4-2/h5-9,16H,3-4,10H2,1-2H3,(H,18,19). The van der Waals surface area contributed by atoms with Crippen molar-refractivity contribution in [2.75, 3.05) is 13.2 Å². The Balaban J connectivity index is 2.25. The molecule has 2 aromatic rings. The van der Waals surface area contributed by atoms with Crippen LogP contribution in [0.15, 0.2) is 35.1 Å². The van der Waals surface area contributed by atoms with Gasteiger partial charge in [-0.25, -0.2) is 5.10 Å². The highest BCUT2D eigenvalue weighted by Gasteiger charge is 2.05. The fraction of sp³-hybridized carbons (Fsp3) is 0.333. The van der Waals surface area contributed by atoms with Crippen molar-refractivity contribution in [1.82, 2.24) is 15.5 Å². The van der Waals surface area contributed by atoms with Gasteiger partial charge >= 0.3 is 0 Å². The van der Waals surface area contributed by atoms with Crippen LogP contribution in [-0.2, 0) is 6.54 Å². The Morgan fingerprint density at radius 2 is 2.00 bits per heavy atom. The largest absolute Gasteiger partial charge is 0.494 e. The summed E-state index contributed by atoms with van der Waals surface area (Å²) < 4.78 is 5.40. The third kappa shape index (κ3) is 3.45. The van der Waals surface area contributed by atoms with Gasteiger partial charge in [0.05, 0.1) is 12.3 Å². The number of nitrogens with zero attached hydrogens (tertiary/aromatic N) is 1. The SMILES string of the molecule is CCNCc1cc(-c2ccc(OCC)cc2)n[nH]c1=O. The third-order valence-electron chi connectivity index (χ3n) is 2.91. The minimum atomic E-state index is -0.152. The van der Waals surface area contributed by atoms with Gasteiger partial charge in [-0.15, -0.1) is 0 Å². The first kappa shape index (κ1) is 14.3. The number of rotatable bonds is 6. The van der Waals surface area contributed by atoms with Crippen LogP contribution in [0.1, 0.15) is 19.4 Å². The van der Waals surface area contributed by atoms with E-state index in [2.05, 4.69) is 15.5 Å². The van der Waals surface area contributed by atoms with Gasteiger partial charge in [-0.3, -0.25) is 4.79 Å². The van der Waals surface area contributed by atoms with Crippen molar-refractivity contribution in [3.8, 4) is 17.0 Å². The van der Waals surface area contributed by atoms with Crippen LogP contribution in [0.3, 0.4) is 0 Å². The maximum absolute atomic E-state index is 11.7. The zero-order valence-electron chi connectivity index (χ0n) is 11.8. The first-order valence-corrected chi connectivity index (χ1v) is 6.77. The Kier molecular flexibility index (Phi) is 4.90. The van der Waals surface area contributed by atoms with Crippen LogP contribution in [0.2, 0.25) is 0 Å². The van der Waals surface area contributed by atoms with Gasteiger partial charge in [-0.1, -0.05) is 6.92 Å². The minimum absolute atomic E-state index is 0.152. The van der Waals surface area contributed by atoms with E-state index >= 15 is 0 Å². The lowest BCUT2D eigenvalue weighted by atomic mass is 10.1. The summed E-state index contributed by atoms with van der Waals surface area (Å²) in [5.74, 6) is 0.827. The average molecular weight is 273 g/mol. The molecule has 1 aromatic carbocycles. The molecule has 5 heteroatoms. The Morgan fingerprint density at radius 3 is 2.65 bits per heavy atom. The minimum Gasteiger partial charge on any atom is -0.494 e. The van der Waals surface area contributed by atoms with Crippen LogP contribution >= 0.6 is 0 Å². The Hall–Kier alpha value is -2.14. The molecule has 0 spiro atoms. The number of nitrogens with one attached hydrogen (secondary N) is 2. The van der Waals surface area contributed by atoms with Crippen molar-refractivity contribution >= 4 is 0 Å². The number of hydrogen-bond donors (Lipinski definition) is 2. The van der Waals surface area contributed by atoms with E-state index in [1.54, 1.807) is 0 Å². The van der Waals surface area contributed by atoms with Crippen molar-refractivity contribution in [2.45, 2.75) is 20.4 Å². The van der Waals surface area contributed by atoms with Crippen molar-refractivity contribution < 1.29 is 4.74 Å². The molecule has 5 nitrogen and oxygen atoms in total. The third-order valence-corrected chi connectivity index (χ3v) is 2.91. The van der Waals surface area contributed by atoms with E-state index in [0.717, 1.165) is 23.6 Å². The van der Waals surface area contributed by atoms with E-state index in [4.69, 9.17) is 4.74 Å². The Morgan fingerprint density at radius 1 is 1.25 bits per heavy atom. The normalized spacial score (nSPS) is 10.5. The van der Waals surface area contributed by atoms with E-state index in [1.165, 1.54) is 0 Å². The number of aromatic nitrogens is 2. The molecular formula is C15H19N3O2. The van der Waals surface area contributed by atoms with E-state index < -0.39 is 0 Å². The Labute approximate surface area is 118 Å². The molecule has 20 heavy (non-hydrogen) atoms. The molecule has 106 valence electrons. The van der Waals surface area contributed by atoms with Crippen LogP contribution in [0, 0.1) is 0 Å². The summed E-state index contributed by atoms with van der Waals surface area (Å²) in [5.41, 5.74) is 2.23. The number of benzene rings is 1. The molecule has 0 atom stereocenters.